The Labute approximate surface area is 152 Å². The van der Waals surface area contributed by atoms with Gasteiger partial charge in [0, 0.05) is 29.6 Å². The fourth-order valence-electron chi connectivity index (χ4n) is 2.00. The van der Waals surface area contributed by atoms with Crippen molar-refractivity contribution in [2.75, 3.05) is 13.7 Å². The molecule has 0 aliphatic rings. The minimum Gasteiger partial charge on any atom is -0.469 e. The summed E-state index contributed by atoms with van der Waals surface area (Å²) < 4.78 is 10.0. The Hall–Kier alpha value is -1.46. The maximum Gasteiger partial charge on any atom is 0.410 e. The fourth-order valence-corrected chi connectivity index (χ4v) is 2.57. The number of nitrogens with zero attached hydrogens (tertiary/aromatic N) is 1. The molecule has 1 aromatic carbocycles. The number of benzene rings is 1. The van der Waals surface area contributed by atoms with Gasteiger partial charge in [0.2, 0.25) is 0 Å². The monoisotopic (exact) mass is 375 g/mol. The third-order valence-corrected chi connectivity index (χ3v) is 3.42. The van der Waals surface area contributed by atoms with Crippen LogP contribution in [0, 0.1) is 0 Å². The number of ether oxygens (including phenoxy) is 2. The molecule has 0 aliphatic carbocycles. The van der Waals surface area contributed by atoms with E-state index in [2.05, 4.69) is 4.74 Å². The van der Waals surface area contributed by atoms with E-state index < -0.39 is 11.7 Å². The predicted octanol–water partition coefficient (Wildman–Crippen LogP) is 4.68. The predicted molar refractivity (Wildman–Crippen MR) is 94.4 cm³/mol. The van der Waals surface area contributed by atoms with Crippen molar-refractivity contribution in [1.29, 1.82) is 0 Å². The number of hydrogen-bond acceptors (Lipinski definition) is 4. The summed E-state index contributed by atoms with van der Waals surface area (Å²) in [7, 11) is 1.34. The quantitative estimate of drug-likeness (QED) is 0.677. The van der Waals surface area contributed by atoms with Gasteiger partial charge >= 0.3 is 12.1 Å². The van der Waals surface area contributed by atoms with Crippen molar-refractivity contribution in [3.8, 4) is 0 Å². The summed E-state index contributed by atoms with van der Waals surface area (Å²) in [6.07, 6.45) is 0.246. The van der Waals surface area contributed by atoms with Gasteiger partial charge in [-0.1, -0.05) is 23.2 Å². The van der Waals surface area contributed by atoms with Crippen LogP contribution in [0.25, 0.3) is 0 Å². The van der Waals surface area contributed by atoms with Gasteiger partial charge in [0.25, 0.3) is 0 Å². The summed E-state index contributed by atoms with van der Waals surface area (Å²) in [4.78, 5) is 25.2. The molecule has 0 bridgehead atoms. The van der Waals surface area contributed by atoms with Gasteiger partial charge in [0.05, 0.1) is 7.11 Å². The van der Waals surface area contributed by atoms with E-state index in [-0.39, 0.29) is 18.9 Å². The van der Waals surface area contributed by atoms with Gasteiger partial charge in [-0.3, -0.25) is 4.79 Å². The zero-order chi connectivity index (χ0) is 18.3. The number of carbonyl (C=O) groups excluding carboxylic acids is 2. The van der Waals surface area contributed by atoms with Crippen molar-refractivity contribution in [3.63, 3.8) is 0 Å². The maximum atomic E-state index is 12.4. The lowest BCUT2D eigenvalue weighted by Crippen LogP contribution is -2.37. The van der Waals surface area contributed by atoms with Gasteiger partial charge in [-0.05, 0) is 51.0 Å². The number of halogens is 2. The van der Waals surface area contributed by atoms with E-state index in [1.165, 1.54) is 12.0 Å². The lowest BCUT2D eigenvalue weighted by atomic mass is 10.2. The largest absolute Gasteiger partial charge is 0.469 e. The molecule has 5 nitrogen and oxygen atoms in total. The summed E-state index contributed by atoms with van der Waals surface area (Å²) in [5, 5.41) is 0.993. The van der Waals surface area contributed by atoms with Crippen molar-refractivity contribution >= 4 is 35.3 Å². The SMILES string of the molecule is COC(=O)CCCN(Cc1cc(Cl)cc(Cl)c1)C(=O)OC(C)(C)C. The standard InChI is InChI=1S/C17H23Cl2NO4/c1-17(2,3)24-16(22)20(7-5-6-15(21)23-4)11-12-8-13(18)10-14(19)9-12/h8-10H,5-7,11H2,1-4H3. The summed E-state index contributed by atoms with van der Waals surface area (Å²) in [6, 6.07) is 5.11. The molecule has 0 atom stereocenters. The molecule has 1 rings (SSSR count). The normalized spacial score (nSPS) is 11.1. The van der Waals surface area contributed by atoms with Crippen LogP contribution < -0.4 is 0 Å². The number of hydrogen-bond donors (Lipinski definition) is 0. The van der Waals surface area contributed by atoms with Gasteiger partial charge in [-0.25, -0.2) is 4.79 Å². The first-order valence-corrected chi connectivity index (χ1v) is 8.36. The van der Waals surface area contributed by atoms with Crippen LogP contribution in [0.3, 0.4) is 0 Å². The highest BCUT2D eigenvalue weighted by atomic mass is 35.5. The van der Waals surface area contributed by atoms with E-state index in [9.17, 15) is 9.59 Å². The molecule has 1 amide bonds. The van der Waals surface area contributed by atoms with Crippen LogP contribution in [-0.2, 0) is 20.8 Å². The lowest BCUT2D eigenvalue weighted by Gasteiger charge is -2.27. The Morgan fingerprint density at radius 3 is 2.21 bits per heavy atom. The zero-order valence-corrected chi connectivity index (χ0v) is 15.9. The molecule has 0 heterocycles. The molecule has 0 N–H and O–H groups in total. The Bertz CT molecular complexity index is 564. The van der Waals surface area contributed by atoms with Crippen molar-refractivity contribution < 1.29 is 19.1 Å². The Morgan fingerprint density at radius 1 is 1.12 bits per heavy atom. The van der Waals surface area contributed by atoms with Gasteiger partial charge in [0.15, 0.2) is 0 Å². The summed E-state index contributed by atoms with van der Waals surface area (Å²) in [5.41, 5.74) is 0.181. The third-order valence-electron chi connectivity index (χ3n) is 2.98. The summed E-state index contributed by atoms with van der Waals surface area (Å²) >= 11 is 12.0. The molecule has 0 spiro atoms. The number of carbonyl (C=O) groups is 2. The second-order valence-corrected chi connectivity index (χ2v) is 7.23. The van der Waals surface area contributed by atoms with Crippen LogP contribution >= 0.6 is 23.2 Å². The molecule has 7 heteroatoms. The molecule has 0 radical (unpaired) electrons. The van der Waals surface area contributed by atoms with Crippen LogP contribution in [0.1, 0.15) is 39.2 Å². The minimum absolute atomic E-state index is 0.228. The summed E-state index contributed by atoms with van der Waals surface area (Å²) in [5.74, 6) is -0.315. The molecule has 0 aromatic heterocycles. The van der Waals surface area contributed by atoms with Crippen LogP contribution in [0.4, 0.5) is 4.79 Å². The number of esters is 1. The first kappa shape index (κ1) is 20.6. The van der Waals surface area contributed by atoms with Crippen molar-refractivity contribution in [3.05, 3.63) is 33.8 Å². The first-order valence-electron chi connectivity index (χ1n) is 7.60. The first-order chi connectivity index (χ1) is 11.1. The lowest BCUT2D eigenvalue weighted by molar-refractivity contribution is -0.140. The average molecular weight is 376 g/mol. The molecule has 1 aromatic rings. The van der Waals surface area contributed by atoms with E-state index in [1.54, 1.807) is 39.0 Å². The van der Waals surface area contributed by atoms with Crippen LogP contribution in [0.15, 0.2) is 18.2 Å². The molecule has 24 heavy (non-hydrogen) atoms. The smallest absolute Gasteiger partial charge is 0.410 e. The highest BCUT2D eigenvalue weighted by molar-refractivity contribution is 6.34. The van der Waals surface area contributed by atoms with Crippen molar-refractivity contribution in [2.45, 2.75) is 45.8 Å². The minimum atomic E-state index is -0.607. The van der Waals surface area contributed by atoms with Gasteiger partial charge < -0.3 is 14.4 Å². The number of rotatable bonds is 6. The molecule has 0 saturated heterocycles. The van der Waals surface area contributed by atoms with Gasteiger partial charge in [0.1, 0.15) is 5.60 Å². The molecular formula is C17H23Cl2NO4. The number of amides is 1. The second kappa shape index (κ2) is 9.14. The number of methoxy groups -OCH3 is 1. The van der Waals surface area contributed by atoms with Gasteiger partial charge in [-0.2, -0.15) is 0 Å². The Balaban J connectivity index is 2.82. The summed E-state index contributed by atoms with van der Waals surface area (Å²) in [6.45, 7) is 6.04. The molecule has 0 aliphatic heterocycles. The topological polar surface area (TPSA) is 55.8 Å². The highest BCUT2D eigenvalue weighted by Crippen LogP contribution is 2.21. The van der Waals surface area contributed by atoms with Crippen LogP contribution in [0.5, 0.6) is 0 Å². The third kappa shape index (κ3) is 7.88. The van der Waals surface area contributed by atoms with Crippen LogP contribution in [0.2, 0.25) is 10.0 Å². The average Bonchev–Trinajstić information content (AvgIpc) is 2.43. The molecule has 0 unspecified atom stereocenters. The molecular weight excluding hydrogens is 353 g/mol. The van der Waals surface area contributed by atoms with Gasteiger partial charge in [-0.15, -0.1) is 0 Å². The van der Waals surface area contributed by atoms with E-state index in [1.807, 2.05) is 0 Å². The van der Waals surface area contributed by atoms with E-state index in [0.717, 1.165) is 5.56 Å². The fraction of sp³-hybridized carbons (Fsp3) is 0.529. The zero-order valence-electron chi connectivity index (χ0n) is 14.4. The maximum absolute atomic E-state index is 12.4. The van der Waals surface area contributed by atoms with Crippen molar-refractivity contribution in [2.24, 2.45) is 0 Å². The Morgan fingerprint density at radius 2 is 1.71 bits per heavy atom. The molecule has 0 saturated carbocycles. The molecule has 134 valence electrons. The van der Waals surface area contributed by atoms with Crippen LogP contribution in [-0.4, -0.2) is 36.2 Å². The van der Waals surface area contributed by atoms with E-state index >= 15 is 0 Å². The van der Waals surface area contributed by atoms with E-state index in [4.69, 9.17) is 27.9 Å². The molecule has 0 fully saturated rings. The highest BCUT2D eigenvalue weighted by Gasteiger charge is 2.22. The Kier molecular flexibility index (Phi) is 7.84. The van der Waals surface area contributed by atoms with E-state index in [0.29, 0.717) is 23.0 Å². The second-order valence-electron chi connectivity index (χ2n) is 6.36. The van der Waals surface area contributed by atoms with Crippen molar-refractivity contribution in [1.82, 2.24) is 4.90 Å².